The molecule has 0 radical (unpaired) electrons. The zero-order valence-corrected chi connectivity index (χ0v) is 15.7. The van der Waals surface area contributed by atoms with Crippen molar-refractivity contribution in [3.8, 4) is 16.3 Å². The summed E-state index contributed by atoms with van der Waals surface area (Å²) < 4.78 is 1.09. The number of halogens is 2. The highest BCUT2D eigenvalue weighted by Crippen LogP contribution is 2.33. The van der Waals surface area contributed by atoms with Gasteiger partial charge in [0.15, 0.2) is 0 Å². The van der Waals surface area contributed by atoms with Crippen LogP contribution in [0.15, 0.2) is 65.7 Å². The van der Waals surface area contributed by atoms with E-state index in [-0.39, 0.29) is 10.8 Å². The van der Waals surface area contributed by atoms with Gasteiger partial charge in [-0.1, -0.05) is 53.5 Å². The predicted molar refractivity (Wildman–Crippen MR) is 110 cm³/mol. The van der Waals surface area contributed by atoms with Gasteiger partial charge in [0.05, 0.1) is 20.9 Å². The van der Waals surface area contributed by atoms with E-state index in [9.17, 15) is 5.11 Å². The third kappa shape index (κ3) is 3.44. The van der Waals surface area contributed by atoms with Gasteiger partial charge in [0, 0.05) is 22.4 Å². The summed E-state index contributed by atoms with van der Waals surface area (Å²) in [6.07, 6.45) is 1.54. The lowest BCUT2D eigenvalue weighted by molar-refractivity contribution is 0.475. The Morgan fingerprint density at radius 2 is 1.81 bits per heavy atom. The number of fused-ring (bicyclic) bond motifs is 1. The molecule has 26 heavy (non-hydrogen) atoms. The van der Waals surface area contributed by atoms with E-state index in [2.05, 4.69) is 4.99 Å². The van der Waals surface area contributed by atoms with E-state index in [4.69, 9.17) is 28.2 Å². The van der Waals surface area contributed by atoms with Crippen LogP contribution in [-0.2, 0) is 0 Å². The van der Waals surface area contributed by atoms with Crippen molar-refractivity contribution >= 4 is 56.7 Å². The average molecular weight is 399 g/mol. The van der Waals surface area contributed by atoms with Crippen molar-refractivity contribution in [1.82, 2.24) is 4.98 Å². The highest BCUT2D eigenvalue weighted by molar-refractivity contribution is 7.21. The van der Waals surface area contributed by atoms with Gasteiger partial charge in [0.1, 0.15) is 10.8 Å². The molecule has 1 aromatic heterocycles. The zero-order chi connectivity index (χ0) is 18.1. The quantitative estimate of drug-likeness (QED) is 0.389. The maximum absolute atomic E-state index is 10.0. The molecule has 4 rings (SSSR count). The van der Waals surface area contributed by atoms with Crippen LogP contribution < -0.4 is 0 Å². The Bertz CT molecular complexity index is 1120. The van der Waals surface area contributed by atoms with Crippen LogP contribution in [0.25, 0.3) is 20.8 Å². The number of aliphatic imine (C=N–C) groups is 1. The lowest BCUT2D eigenvalue weighted by Gasteiger charge is -2.02. The Balaban J connectivity index is 1.68. The minimum atomic E-state index is -0.0408. The van der Waals surface area contributed by atoms with E-state index in [1.54, 1.807) is 23.6 Å². The number of aromatic hydroxyl groups is 1. The van der Waals surface area contributed by atoms with Crippen molar-refractivity contribution < 1.29 is 5.11 Å². The van der Waals surface area contributed by atoms with Crippen LogP contribution in [0.3, 0.4) is 0 Å². The Morgan fingerprint density at radius 1 is 1.00 bits per heavy atom. The molecule has 0 unspecified atom stereocenters. The molecule has 4 aromatic rings. The molecule has 0 bridgehead atoms. The summed E-state index contributed by atoms with van der Waals surface area (Å²) in [4.78, 5) is 9.11. The van der Waals surface area contributed by atoms with Gasteiger partial charge in [-0.25, -0.2) is 4.98 Å². The fourth-order valence-electron chi connectivity index (χ4n) is 2.53. The van der Waals surface area contributed by atoms with Gasteiger partial charge in [0.25, 0.3) is 0 Å². The minimum Gasteiger partial charge on any atom is -0.506 e. The number of aromatic nitrogens is 1. The largest absolute Gasteiger partial charge is 0.506 e. The average Bonchev–Trinajstić information content (AvgIpc) is 3.07. The van der Waals surface area contributed by atoms with E-state index in [0.29, 0.717) is 10.6 Å². The van der Waals surface area contributed by atoms with E-state index < -0.39 is 0 Å². The minimum absolute atomic E-state index is 0.0408. The summed E-state index contributed by atoms with van der Waals surface area (Å²) in [7, 11) is 0. The molecule has 0 saturated carbocycles. The van der Waals surface area contributed by atoms with E-state index in [1.807, 2.05) is 48.5 Å². The van der Waals surface area contributed by atoms with Crippen molar-refractivity contribution in [2.75, 3.05) is 0 Å². The summed E-state index contributed by atoms with van der Waals surface area (Å²) in [5.41, 5.74) is 3.18. The number of phenolic OH excluding ortho intramolecular Hbond substituents is 1. The van der Waals surface area contributed by atoms with E-state index >= 15 is 0 Å². The number of nitrogens with zero attached hydrogens (tertiary/aromatic N) is 2. The Morgan fingerprint density at radius 3 is 2.62 bits per heavy atom. The van der Waals surface area contributed by atoms with Crippen molar-refractivity contribution in [2.24, 2.45) is 4.99 Å². The topological polar surface area (TPSA) is 45.5 Å². The van der Waals surface area contributed by atoms with Crippen LogP contribution in [-0.4, -0.2) is 16.3 Å². The van der Waals surface area contributed by atoms with Crippen molar-refractivity contribution in [2.45, 2.75) is 0 Å². The molecule has 3 aromatic carbocycles. The summed E-state index contributed by atoms with van der Waals surface area (Å²) in [6, 6.07) is 19.0. The molecular weight excluding hydrogens is 387 g/mol. The van der Waals surface area contributed by atoms with Crippen molar-refractivity contribution in [3.05, 3.63) is 76.3 Å². The molecule has 0 aliphatic rings. The van der Waals surface area contributed by atoms with Crippen LogP contribution in [0, 0.1) is 0 Å². The Labute approximate surface area is 164 Å². The van der Waals surface area contributed by atoms with Crippen molar-refractivity contribution in [3.63, 3.8) is 0 Å². The molecule has 0 spiro atoms. The summed E-state index contributed by atoms with van der Waals surface area (Å²) in [5.74, 6) is -0.0408. The second kappa shape index (κ2) is 7.08. The molecule has 0 fully saturated rings. The van der Waals surface area contributed by atoms with Gasteiger partial charge < -0.3 is 5.11 Å². The van der Waals surface area contributed by atoms with E-state index in [0.717, 1.165) is 26.5 Å². The van der Waals surface area contributed by atoms with Gasteiger partial charge in [0.2, 0.25) is 0 Å². The third-order valence-electron chi connectivity index (χ3n) is 3.80. The lowest BCUT2D eigenvalue weighted by atomic mass is 10.2. The first-order valence-corrected chi connectivity index (χ1v) is 9.35. The van der Waals surface area contributed by atoms with Gasteiger partial charge in [-0.05, 0) is 30.3 Å². The summed E-state index contributed by atoms with van der Waals surface area (Å²) in [5, 5.41) is 11.6. The Kier molecular flexibility index (Phi) is 4.64. The molecule has 1 heterocycles. The van der Waals surface area contributed by atoms with Gasteiger partial charge >= 0.3 is 0 Å². The molecule has 0 saturated heterocycles. The number of hydrogen-bond acceptors (Lipinski definition) is 4. The molecule has 0 aliphatic heterocycles. The molecule has 0 atom stereocenters. The highest BCUT2D eigenvalue weighted by Gasteiger charge is 2.08. The maximum Gasteiger partial charge on any atom is 0.143 e. The van der Waals surface area contributed by atoms with Gasteiger partial charge in [-0.3, -0.25) is 4.99 Å². The van der Waals surface area contributed by atoms with Crippen LogP contribution in [0.4, 0.5) is 5.69 Å². The molecule has 0 aliphatic carbocycles. The number of hydrogen-bond donors (Lipinski definition) is 1. The molecule has 128 valence electrons. The monoisotopic (exact) mass is 398 g/mol. The van der Waals surface area contributed by atoms with Gasteiger partial charge in [-0.2, -0.15) is 0 Å². The molecule has 3 nitrogen and oxygen atoms in total. The molecule has 6 heteroatoms. The number of thiazole rings is 1. The van der Waals surface area contributed by atoms with Crippen molar-refractivity contribution in [1.29, 1.82) is 0 Å². The first kappa shape index (κ1) is 17.0. The number of phenols is 1. The third-order valence-corrected chi connectivity index (χ3v) is 5.39. The second-order valence-corrected chi connectivity index (χ2v) is 7.50. The van der Waals surface area contributed by atoms with Crippen LogP contribution in [0.1, 0.15) is 5.56 Å². The number of rotatable bonds is 3. The summed E-state index contributed by atoms with van der Waals surface area (Å²) >= 11 is 13.6. The zero-order valence-electron chi connectivity index (χ0n) is 13.4. The van der Waals surface area contributed by atoms with E-state index in [1.165, 1.54) is 6.07 Å². The highest BCUT2D eigenvalue weighted by atomic mass is 35.5. The van der Waals surface area contributed by atoms with Gasteiger partial charge in [-0.15, -0.1) is 11.3 Å². The summed E-state index contributed by atoms with van der Waals surface area (Å²) in [6.45, 7) is 0. The second-order valence-electron chi connectivity index (χ2n) is 5.62. The molecule has 1 N–H and O–H groups in total. The molecular formula is C20H12Cl2N2OS. The van der Waals surface area contributed by atoms with Crippen LogP contribution in [0.2, 0.25) is 10.0 Å². The Hall–Kier alpha value is -2.40. The first-order chi connectivity index (χ1) is 12.6. The standard InChI is InChI=1S/C20H12Cl2N2OS/c21-14-8-13(19(25)16(22)9-14)11-23-15-6-7-18-17(10-15)24-20(26-18)12-4-2-1-3-5-12/h1-11,25H. The fourth-order valence-corrected chi connectivity index (χ4v) is 3.99. The smallest absolute Gasteiger partial charge is 0.143 e. The number of benzene rings is 3. The normalized spacial score (nSPS) is 11.5. The lowest BCUT2D eigenvalue weighted by Crippen LogP contribution is -1.84. The molecule has 0 amide bonds. The van der Waals surface area contributed by atoms with Crippen LogP contribution >= 0.6 is 34.5 Å². The fraction of sp³-hybridized carbons (Fsp3) is 0. The SMILES string of the molecule is Oc1c(Cl)cc(Cl)cc1C=Nc1ccc2sc(-c3ccccc3)nc2c1. The first-order valence-electron chi connectivity index (χ1n) is 7.78. The maximum atomic E-state index is 10.0. The predicted octanol–water partition coefficient (Wildman–Crippen LogP) is 6.73. The van der Waals surface area contributed by atoms with Crippen LogP contribution in [0.5, 0.6) is 5.75 Å².